The van der Waals surface area contributed by atoms with Crippen LogP contribution in [0.15, 0.2) is 29.1 Å². The van der Waals surface area contributed by atoms with Gasteiger partial charge in [0, 0.05) is 31.3 Å². The Morgan fingerprint density at radius 3 is 2.50 bits per heavy atom. The second-order valence-electron chi connectivity index (χ2n) is 6.28. The van der Waals surface area contributed by atoms with E-state index >= 15 is 0 Å². The van der Waals surface area contributed by atoms with Gasteiger partial charge in [-0.2, -0.15) is 0 Å². The molecule has 1 aromatic rings. The van der Waals surface area contributed by atoms with Gasteiger partial charge < -0.3 is 4.57 Å². The number of unbranched alkanes of at least 4 members (excludes halogenated alkanes) is 1. The monoisotopic (exact) mass is 348 g/mol. The molecular formula is C19H28N2O2S. The molecule has 132 valence electrons. The number of carbonyl (C=O) groups is 1. The van der Waals surface area contributed by atoms with Crippen LogP contribution in [0.5, 0.6) is 0 Å². The minimum absolute atomic E-state index is 0.0696. The molecule has 1 aromatic heterocycles. The van der Waals surface area contributed by atoms with Crippen LogP contribution in [-0.4, -0.2) is 14.9 Å². The zero-order chi connectivity index (χ0) is 18.4. The fourth-order valence-electron chi connectivity index (χ4n) is 2.66. The lowest BCUT2D eigenvalue weighted by atomic mass is 9.91. The van der Waals surface area contributed by atoms with Gasteiger partial charge in [0.2, 0.25) is 0 Å². The van der Waals surface area contributed by atoms with Crippen molar-refractivity contribution in [2.75, 3.05) is 0 Å². The van der Waals surface area contributed by atoms with Crippen LogP contribution in [0.1, 0.15) is 44.4 Å². The summed E-state index contributed by atoms with van der Waals surface area (Å²) in [6.45, 7) is 9.54. The van der Waals surface area contributed by atoms with E-state index in [9.17, 15) is 9.59 Å². The first-order valence-electron chi connectivity index (χ1n) is 8.34. The maximum Gasteiger partial charge on any atom is 0.328 e. The summed E-state index contributed by atoms with van der Waals surface area (Å²) in [6.07, 6.45) is 7.38. The summed E-state index contributed by atoms with van der Waals surface area (Å²) in [6, 6.07) is 0. The molecule has 0 spiro atoms. The number of hydrogen-bond donors (Lipinski definition) is 0. The summed E-state index contributed by atoms with van der Waals surface area (Å²) in [4.78, 5) is 24.4. The van der Waals surface area contributed by atoms with E-state index in [0.29, 0.717) is 23.1 Å². The molecular weight excluding hydrogens is 320 g/mol. The number of hydrogen-bond acceptors (Lipinski definition) is 3. The maximum atomic E-state index is 12.4. The van der Waals surface area contributed by atoms with Crippen molar-refractivity contribution >= 4 is 18.0 Å². The lowest BCUT2D eigenvalue weighted by molar-refractivity contribution is -0.118. The number of aromatic nitrogens is 2. The zero-order valence-electron chi connectivity index (χ0n) is 15.4. The average Bonchev–Trinajstić information content (AvgIpc) is 2.55. The smallest absolute Gasteiger partial charge is 0.301 e. The van der Waals surface area contributed by atoms with Crippen molar-refractivity contribution in [3.63, 3.8) is 0 Å². The first-order chi connectivity index (χ1) is 11.2. The molecule has 5 heteroatoms. The Morgan fingerprint density at radius 2 is 1.96 bits per heavy atom. The van der Waals surface area contributed by atoms with Crippen molar-refractivity contribution in [1.29, 1.82) is 0 Å². The minimum Gasteiger partial charge on any atom is -0.301 e. The van der Waals surface area contributed by atoms with Gasteiger partial charge in [0.15, 0.2) is 5.78 Å². The fraction of sp³-hybridized carbons (Fsp3) is 0.526. The summed E-state index contributed by atoms with van der Waals surface area (Å²) in [5.41, 5.74) is 2.27. The van der Waals surface area contributed by atoms with Crippen LogP contribution < -0.4 is 5.69 Å². The van der Waals surface area contributed by atoms with Gasteiger partial charge in [0.1, 0.15) is 4.64 Å². The summed E-state index contributed by atoms with van der Waals surface area (Å²) < 4.78 is 3.64. The summed E-state index contributed by atoms with van der Waals surface area (Å²) in [7, 11) is 3.43. The van der Waals surface area contributed by atoms with Gasteiger partial charge in [-0.1, -0.05) is 44.3 Å². The van der Waals surface area contributed by atoms with Crippen LogP contribution in [0.25, 0.3) is 0 Å². The van der Waals surface area contributed by atoms with Gasteiger partial charge in [-0.15, -0.1) is 0 Å². The van der Waals surface area contributed by atoms with Gasteiger partial charge in [0.25, 0.3) is 0 Å². The second kappa shape index (κ2) is 8.92. The number of nitrogens with zero attached hydrogens (tertiary/aromatic N) is 2. The molecule has 0 amide bonds. The van der Waals surface area contributed by atoms with Crippen molar-refractivity contribution < 1.29 is 4.79 Å². The fourth-order valence-corrected chi connectivity index (χ4v) is 2.99. The molecule has 0 fully saturated rings. The van der Waals surface area contributed by atoms with Gasteiger partial charge in [-0.3, -0.25) is 9.36 Å². The Kier molecular flexibility index (Phi) is 7.55. The molecule has 0 saturated carbocycles. The summed E-state index contributed by atoms with van der Waals surface area (Å²) >= 11 is 5.43. The number of carbonyl (C=O) groups excluding carboxylic acids is 1. The largest absolute Gasteiger partial charge is 0.328 e. The first kappa shape index (κ1) is 20.3. The third-order valence-electron chi connectivity index (χ3n) is 4.36. The Labute approximate surface area is 149 Å². The predicted octanol–water partition coefficient (Wildman–Crippen LogP) is 3.81. The standard InChI is InChI=1S/C19H28N2O2S/c1-7-8-9-10-15(17(22)13(2)3)11-12-16-14(4)20(5)19(23)21(6)18(16)24/h9-10,15H,2,7-8,11-12H2,1,3-6H3/b10-9+. The number of rotatable bonds is 8. The Balaban J connectivity index is 3.11. The Bertz CT molecular complexity index is 769. The molecule has 24 heavy (non-hydrogen) atoms. The normalized spacial score (nSPS) is 12.5. The SMILES string of the molecule is C=C(C)C(=O)C(/C=C/CCC)CCc1c(C)n(C)c(=O)n(C)c1=S. The third-order valence-corrected chi connectivity index (χ3v) is 4.88. The van der Waals surface area contributed by atoms with E-state index in [1.165, 1.54) is 4.57 Å². The highest BCUT2D eigenvalue weighted by Gasteiger charge is 2.18. The first-order valence-corrected chi connectivity index (χ1v) is 8.75. The highest BCUT2D eigenvalue weighted by atomic mass is 32.1. The quantitative estimate of drug-likeness (QED) is 0.408. The van der Waals surface area contributed by atoms with Gasteiger partial charge in [-0.25, -0.2) is 4.79 Å². The average molecular weight is 349 g/mol. The van der Waals surface area contributed by atoms with Crippen molar-refractivity contribution in [3.05, 3.63) is 50.7 Å². The third kappa shape index (κ3) is 4.63. The Morgan fingerprint density at radius 1 is 1.33 bits per heavy atom. The predicted molar refractivity (Wildman–Crippen MR) is 102 cm³/mol. The van der Waals surface area contributed by atoms with Crippen LogP contribution in [0, 0.1) is 17.5 Å². The molecule has 0 aliphatic rings. The molecule has 0 aliphatic carbocycles. The van der Waals surface area contributed by atoms with E-state index in [1.54, 1.807) is 25.6 Å². The lowest BCUT2D eigenvalue weighted by Crippen LogP contribution is -2.30. The molecule has 0 N–H and O–H groups in total. The van der Waals surface area contributed by atoms with E-state index in [4.69, 9.17) is 12.2 Å². The number of allylic oxidation sites excluding steroid dienone is 3. The van der Waals surface area contributed by atoms with Crippen molar-refractivity contribution in [1.82, 2.24) is 9.13 Å². The maximum absolute atomic E-state index is 12.4. The molecule has 1 rings (SSSR count). The van der Waals surface area contributed by atoms with E-state index in [-0.39, 0.29) is 17.4 Å². The van der Waals surface area contributed by atoms with Crippen LogP contribution in [0.4, 0.5) is 0 Å². The number of Topliss-reactive ketones (excluding diaryl/α,β-unsaturated/α-hetero) is 1. The molecule has 1 heterocycles. The second-order valence-corrected chi connectivity index (χ2v) is 6.66. The molecule has 0 aliphatic heterocycles. The van der Waals surface area contributed by atoms with Crippen LogP contribution >= 0.6 is 12.2 Å². The minimum atomic E-state index is -0.189. The van der Waals surface area contributed by atoms with E-state index < -0.39 is 0 Å². The van der Waals surface area contributed by atoms with Gasteiger partial charge in [-0.05, 0) is 38.7 Å². The van der Waals surface area contributed by atoms with Crippen LogP contribution in [0.3, 0.4) is 0 Å². The topological polar surface area (TPSA) is 44.0 Å². The highest BCUT2D eigenvalue weighted by molar-refractivity contribution is 7.71. The summed E-state index contributed by atoms with van der Waals surface area (Å²) in [5.74, 6) is -0.120. The summed E-state index contributed by atoms with van der Waals surface area (Å²) in [5, 5.41) is 0. The molecule has 0 bridgehead atoms. The van der Waals surface area contributed by atoms with E-state index in [1.807, 2.05) is 13.0 Å². The lowest BCUT2D eigenvalue weighted by Gasteiger charge is -2.16. The van der Waals surface area contributed by atoms with Crippen molar-refractivity contribution in [2.45, 2.75) is 46.5 Å². The van der Waals surface area contributed by atoms with E-state index in [2.05, 4.69) is 19.6 Å². The molecule has 1 atom stereocenters. The molecule has 4 nitrogen and oxygen atoms in total. The molecule has 0 saturated heterocycles. The zero-order valence-corrected chi connectivity index (χ0v) is 16.2. The van der Waals surface area contributed by atoms with Crippen LogP contribution in [0.2, 0.25) is 0 Å². The Hall–Kier alpha value is -1.75. The van der Waals surface area contributed by atoms with Crippen LogP contribution in [-0.2, 0) is 25.3 Å². The number of ketones is 1. The molecule has 0 aromatic carbocycles. The molecule has 0 radical (unpaired) electrons. The molecule has 1 unspecified atom stereocenters. The van der Waals surface area contributed by atoms with Crippen molar-refractivity contribution in [3.8, 4) is 0 Å². The van der Waals surface area contributed by atoms with E-state index in [0.717, 1.165) is 24.1 Å². The van der Waals surface area contributed by atoms with Gasteiger partial charge in [0.05, 0.1) is 0 Å². The highest BCUT2D eigenvalue weighted by Crippen LogP contribution is 2.18. The van der Waals surface area contributed by atoms with Gasteiger partial charge >= 0.3 is 5.69 Å². The van der Waals surface area contributed by atoms with Crippen molar-refractivity contribution in [2.24, 2.45) is 20.0 Å².